The third kappa shape index (κ3) is 2.07. The van der Waals surface area contributed by atoms with Gasteiger partial charge in [-0.05, 0) is 31.2 Å². The van der Waals surface area contributed by atoms with E-state index in [-0.39, 0.29) is 0 Å². The molecule has 0 atom stereocenters. The molecule has 0 aliphatic carbocycles. The highest BCUT2D eigenvalue weighted by molar-refractivity contribution is 5.93. The Hall–Kier alpha value is -2.56. The van der Waals surface area contributed by atoms with Gasteiger partial charge in [-0.2, -0.15) is 0 Å². The average molecular weight is 269 g/mol. The highest BCUT2D eigenvalue weighted by atomic mass is 16.4. The molecule has 0 saturated carbocycles. The van der Waals surface area contributed by atoms with Gasteiger partial charge in [0, 0.05) is 29.8 Å². The molecular formula is C15H15N3O2. The van der Waals surface area contributed by atoms with Crippen molar-refractivity contribution in [2.45, 2.75) is 20.0 Å². The smallest absolute Gasteiger partial charge is 0.335 e. The predicted molar refractivity (Wildman–Crippen MR) is 75.9 cm³/mol. The lowest BCUT2D eigenvalue weighted by molar-refractivity contribution is 0.0697. The van der Waals surface area contributed by atoms with Crippen molar-refractivity contribution in [1.82, 2.24) is 14.1 Å². The van der Waals surface area contributed by atoms with Crippen LogP contribution in [-0.4, -0.2) is 25.2 Å². The molecule has 1 N–H and O–H groups in total. The minimum Gasteiger partial charge on any atom is -0.478 e. The number of fused-ring (bicyclic) bond motifs is 1. The lowest BCUT2D eigenvalue weighted by Crippen LogP contribution is -2.05. The maximum Gasteiger partial charge on any atom is 0.335 e. The Morgan fingerprint density at radius 3 is 2.90 bits per heavy atom. The van der Waals surface area contributed by atoms with E-state index >= 15 is 0 Å². The molecule has 3 aromatic rings. The molecule has 0 unspecified atom stereocenters. The second-order valence-corrected chi connectivity index (χ2v) is 4.69. The van der Waals surface area contributed by atoms with E-state index in [0.29, 0.717) is 5.56 Å². The van der Waals surface area contributed by atoms with Gasteiger partial charge in [-0.25, -0.2) is 9.78 Å². The summed E-state index contributed by atoms with van der Waals surface area (Å²) in [5, 5.41) is 9.95. The van der Waals surface area contributed by atoms with Crippen LogP contribution in [0.2, 0.25) is 0 Å². The SMILES string of the molecule is CCn1cncc1Cn1ccc2cc(C(=O)O)ccc21. The molecule has 0 bridgehead atoms. The molecule has 5 nitrogen and oxygen atoms in total. The molecule has 0 spiro atoms. The fraction of sp³-hybridized carbons (Fsp3) is 0.200. The summed E-state index contributed by atoms with van der Waals surface area (Å²) in [6, 6.07) is 7.13. The van der Waals surface area contributed by atoms with E-state index in [2.05, 4.69) is 21.0 Å². The van der Waals surface area contributed by atoms with Crippen LogP contribution in [0.15, 0.2) is 43.0 Å². The number of carboxylic acid groups (broad SMARTS) is 1. The summed E-state index contributed by atoms with van der Waals surface area (Å²) >= 11 is 0. The van der Waals surface area contributed by atoms with E-state index in [4.69, 9.17) is 5.11 Å². The van der Waals surface area contributed by atoms with Crippen molar-refractivity contribution in [3.63, 3.8) is 0 Å². The molecule has 0 radical (unpaired) electrons. The fourth-order valence-corrected chi connectivity index (χ4v) is 2.41. The first-order chi connectivity index (χ1) is 9.69. The van der Waals surface area contributed by atoms with Crippen LogP contribution in [0.5, 0.6) is 0 Å². The van der Waals surface area contributed by atoms with Crippen molar-refractivity contribution < 1.29 is 9.90 Å². The average Bonchev–Trinajstić information content (AvgIpc) is 3.05. The van der Waals surface area contributed by atoms with Crippen molar-refractivity contribution in [3.05, 3.63) is 54.2 Å². The third-order valence-corrected chi connectivity index (χ3v) is 3.49. The van der Waals surface area contributed by atoms with Gasteiger partial charge in [-0.1, -0.05) is 0 Å². The maximum absolute atomic E-state index is 11.0. The number of aryl methyl sites for hydroxylation is 1. The maximum atomic E-state index is 11.0. The number of rotatable bonds is 4. The molecule has 0 amide bonds. The Bertz CT molecular complexity index is 770. The second kappa shape index (κ2) is 4.85. The van der Waals surface area contributed by atoms with E-state index in [0.717, 1.165) is 29.7 Å². The van der Waals surface area contributed by atoms with E-state index in [1.807, 2.05) is 30.9 Å². The molecule has 0 aliphatic rings. The van der Waals surface area contributed by atoms with Gasteiger partial charge in [0.1, 0.15) is 0 Å². The lowest BCUT2D eigenvalue weighted by atomic mass is 10.1. The zero-order valence-electron chi connectivity index (χ0n) is 11.2. The van der Waals surface area contributed by atoms with Crippen molar-refractivity contribution in [1.29, 1.82) is 0 Å². The molecule has 3 rings (SSSR count). The first-order valence-electron chi connectivity index (χ1n) is 6.50. The fourth-order valence-electron chi connectivity index (χ4n) is 2.41. The number of nitrogens with zero attached hydrogens (tertiary/aromatic N) is 3. The van der Waals surface area contributed by atoms with E-state index in [1.54, 1.807) is 12.1 Å². The minimum atomic E-state index is -0.899. The Labute approximate surface area is 116 Å². The standard InChI is InChI=1S/C15H15N3O2/c1-2-17-10-16-8-13(17)9-18-6-5-11-7-12(15(19)20)3-4-14(11)18/h3-8,10H,2,9H2,1H3,(H,19,20). The highest BCUT2D eigenvalue weighted by Gasteiger charge is 2.08. The van der Waals surface area contributed by atoms with Crippen molar-refractivity contribution in [3.8, 4) is 0 Å². The monoisotopic (exact) mass is 269 g/mol. The summed E-state index contributed by atoms with van der Waals surface area (Å²) in [6.45, 7) is 3.69. The van der Waals surface area contributed by atoms with Gasteiger partial charge in [-0.3, -0.25) is 0 Å². The number of carboxylic acids is 1. The number of aromatic nitrogens is 3. The first-order valence-corrected chi connectivity index (χ1v) is 6.50. The van der Waals surface area contributed by atoms with Crippen molar-refractivity contribution in [2.24, 2.45) is 0 Å². The number of imidazole rings is 1. The Morgan fingerprint density at radius 1 is 1.30 bits per heavy atom. The second-order valence-electron chi connectivity index (χ2n) is 4.69. The molecule has 0 saturated heterocycles. The Morgan fingerprint density at radius 2 is 2.15 bits per heavy atom. The van der Waals surface area contributed by atoms with Gasteiger partial charge in [0.05, 0.1) is 24.1 Å². The molecule has 0 fully saturated rings. The molecule has 1 aromatic carbocycles. The normalized spacial score (nSPS) is 11.1. The van der Waals surface area contributed by atoms with Crippen molar-refractivity contribution >= 4 is 16.9 Å². The summed E-state index contributed by atoms with van der Waals surface area (Å²) in [5.41, 5.74) is 2.47. The summed E-state index contributed by atoms with van der Waals surface area (Å²) < 4.78 is 4.20. The minimum absolute atomic E-state index is 0.314. The van der Waals surface area contributed by atoms with Crippen LogP contribution in [0.25, 0.3) is 10.9 Å². The largest absolute Gasteiger partial charge is 0.478 e. The zero-order valence-corrected chi connectivity index (χ0v) is 11.2. The Balaban J connectivity index is 1.99. The van der Waals surface area contributed by atoms with Crippen LogP contribution >= 0.6 is 0 Å². The van der Waals surface area contributed by atoms with Crippen LogP contribution in [-0.2, 0) is 13.1 Å². The van der Waals surface area contributed by atoms with Gasteiger partial charge in [0.25, 0.3) is 0 Å². The van der Waals surface area contributed by atoms with Crippen LogP contribution in [0.1, 0.15) is 23.0 Å². The van der Waals surface area contributed by atoms with Crippen LogP contribution in [0, 0.1) is 0 Å². The van der Waals surface area contributed by atoms with Gasteiger partial charge in [0.15, 0.2) is 0 Å². The van der Waals surface area contributed by atoms with Gasteiger partial charge in [-0.15, -0.1) is 0 Å². The summed E-state index contributed by atoms with van der Waals surface area (Å²) in [6.07, 6.45) is 5.66. The third-order valence-electron chi connectivity index (χ3n) is 3.49. The summed E-state index contributed by atoms with van der Waals surface area (Å²) in [7, 11) is 0. The van der Waals surface area contributed by atoms with Crippen LogP contribution in [0.3, 0.4) is 0 Å². The number of benzene rings is 1. The van der Waals surface area contributed by atoms with E-state index < -0.39 is 5.97 Å². The molecular weight excluding hydrogens is 254 g/mol. The molecule has 2 heterocycles. The van der Waals surface area contributed by atoms with Gasteiger partial charge in [0.2, 0.25) is 0 Å². The number of hydrogen-bond acceptors (Lipinski definition) is 2. The van der Waals surface area contributed by atoms with Gasteiger partial charge >= 0.3 is 5.97 Å². The molecule has 2 aromatic heterocycles. The molecule has 0 aliphatic heterocycles. The summed E-state index contributed by atoms with van der Waals surface area (Å²) in [5.74, 6) is -0.899. The quantitative estimate of drug-likeness (QED) is 0.792. The zero-order chi connectivity index (χ0) is 14.1. The van der Waals surface area contributed by atoms with Gasteiger partial charge < -0.3 is 14.2 Å². The van der Waals surface area contributed by atoms with Crippen LogP contribution in [0.4, 0.5) is 0 Å². The number of aromatic carboxylic acids is 1. The topological polar surface area (TPSA) is 60.0 Å². The van der Waals surface area contributed by atoms with Crippen molar-refractivity contribution in [2.75, 3.05) is 0 Å². The molecule has 20 heavy (non-hydrogen) atoms. The molecule has 102 valence electrons. The number of hydrogen-bond donors (Lipinski definition) is 1. The Kier molecular flexibility index (Phi) is 3.02. The highest BCUT2D eigenvalue weighted by Crippen LogP contribution is 2.19. The van der Waals surface area contributed by atoms with E-state index in [9.17, 15) is 4.79 Å². The van der Waals surface area contributed by atoms with E-state index in [1.165, 1.54) is 0 Å². The van der Waals surface area contributed by atoms with Crippen LogP contribution < -0.4 is 0 Å². The number of carbonyl (C=O) groups is 1. The first kappa shape index (κ1) is 12.5. The summed E-state index contributed by atoms with van der Waals surface area (Å²) in [4.78, 5) is 15.1. The lowest BCUT2D eigenvalue weighted by Gasteiger charge is -2.08. The predicted octanol–water partition coefficient (Wildman–Crippen LogP) is 2.60. The molecule has 5 heteroatoms.